The summed E-state index contributed by atoms with van der Waals surface area (Å²) < 4.78 is 0. The molecule has 0 spiro atoms. The summed E-state index contributed by atoms with van der Waals surface area (Å²) >= 11 is 0. The van der Waals surface area contributed by atoms with Gasteiger partial charge in [0.05, 0.1) is 0 Å². The van der Waals surface area contributed by atoms with Gasteiger partial charge in [0.25, 0.3) is 5.91 Å². The van der Waals surface area contributed by atoms with Gasteiger partial charge in [-0.2, -0.15) is 0 Å². The van der Waals surface area contributed by atoms with E-state index in [-0.39, 0.29) is 5.91 Å². The van der Waals surface area contributed by atoms with Gasteiger partial charge in [-0.25, -0.2) is 0 Å². The Morgan fingerprint density at radius 2 is 1.71 bits per heavy atom. The van der Waals surface area contributed by atoms with E-state index in [4.69, 9.17) is 5.73 Å². The van der Waals surface area contributed by atoms with Crippen molar-refractivity contribution in [1.82, 2.24) is 0 Å². The summed E-state index contributed by atoms with van der Waals surface area (Å²) in [5.41, 5.74) is 8.65. The topological polar surface area (TPSA) is 55.1 Å². The second kappa shape index (κ2) is 4.70. The minimum atomic E-state index is -0.104. The van der Waals surface area contributed by atoms with Crippen LogP contribution in [-0.2, 0) is 0 Å². The van der Waals surface area contributed by atoms with Gasteiger partial charge in [0, 0.05) is 16.9 Å². The van der Waals surface area contributed by atoms with E-state index < -0.39 is 0 Å². The zero-order chi connectivity index (χ0) is 12.3. The molecule has 17 heavy (non-hydrogen) atoms. The SMILES string of the molecule is Cc1ccccc1C(=O)Nc1ccc(N)cc1. The number of benzene rings is 2. The van der Waals surface area contributed by atoms with Crippen LogP contribution in [0.15, 0.2) is 48.5 Å². The summed E-state index contributed by atoms with van der Waals surface area (Å²) in [4.78, 5) is 12.0. The van der Waals surface area contributed by atoms with Gasteiger partial charge in [0.2, 0.25) is 0 Å². The van der Waals surface area contributed by atoms with Crippen LogP contribution in [0, 0.1) is 6.92 Å². The van der Waals surface area contributed by atoms with Gasteiger partial charge < -0.3 is 11.1 Å². The van der Waals surface area contributed by atoms with E-state index in [0.29, 0.717) is 11.3 Å². The van der Waals surface area contributed by atoms with Crippen LogP contribution >= 0.6 is 0 Å². The fraction of sp³-hybridized carbons (Fsp3) is 0.0714. The van der Waals surface area contributed by atoms with Gasteiger partial charge >= 0.3 is 0 Å². The molecule has 0 atom stereocenters. The first-order valence-electron chi connectivity index (χ1n) is 5.39. The predicted molar refractivity (Wildman–Crippen MR) is 70.0 cm³/mol. The summed E-state index contributed by atoms with van der Waals surface area (Å²) in [5, 5.41) is 2.83. The fourth-order valence-electron chi connectivity index (χ4n) is 1.59. The molecule has 3 heteroatoms. The normalized spacial score (nSPS) is 9.94. The zero-order valence-corrected chi connectivity index (χ0v) is 9.60. The highest BCUT2D eigenvalue weighted by Gasteiger charge is 2.07. The summed E-state index contributed by atoms with van der Waals surface area (Å²) in [5.74, 6) is -0.104. The third kappa shape index (κ3) is 2.64. The molecule has 0 saturated carbocycles. The molecular weight excluding hydrogens is 212 g/mol. The lowest BCUT2D eigenvalue weighted by atomic mass is 10.1. The van der Waals surface area contributed by atoms with E-state index >= 15 is 0 Å². The first-order chi connectivity index (χ1) is 8.16. The Kier molecular flexibility index (Phi) is 3.10. The number of hydrogen-bond acceptors (Lipinski definition) is 2. The van der Waals surface area contributed by atoms with E-state index in [1.54, 1.807) is 24.3 Å². The standard InChI is InChI=1S/C14H14N2O/c1-10-4-2-3-5-13(10)14(17)16-12-8-6-11(15)7-9-12/h2-9H,15H2,1H3,(H,16,17). The lowest BCUT2D eigenvalue weighted by Crippen LogP contribution is -2.13. The van der Waals surface area contributed by atoms with Crippen molar-refractivity contribution in [3.63, 3.8) is 0 Å². The number of nitrogens with two attached hydrogens (primary N) is 1. The molecule has 1 amide bonds. The molecular formula is C14H14N2O. The van der Waals surface area contributed by atoms with Gasteiger partial charge in [-0.3, -0.25) is 4.79 Å². The van der Waals surface area contributed by atoms with Gasteiger partial charge in [0.15, 0.2) is 0 Å². The maximum Gasteiger partial charge on any atom is 0.255 e. The quantitative estimate of drug-likeness (QED) is 0.773. The van der Waals surface area contributed by atoms with E-state index in [1.165, 1.54) is 0 Å². The van der Waals surface area contributed by atoms with Crippen LogP contribution in [0.1, 0.15) is 15.9 Å². The molecule has 0 unspecified atom stereocenters. The largest absolute Gasteiger partial charge is 0.399 e. The number of nitrogen functional groups attached to an aromatic ring is 1. The van der Waals surface area contributed by atoms with Crippen LogP contribution in [0.4, 0.5) is 11.4 Å². The maximum atomic E-state index is 12.0. The molecule has 2 rings (SSSR count). The first kappa shape index (κ1) is 11.2. The predicted octanol–water partition coefficient (Wildman–Crippen LogP) is 2.83. The molecule has 86 valence electrons. The first-order valence-corrected chi connectivity index (χ1v) is 5.39. The van der Waals surface area contributed by atoms with Crippen LogP contribution in [0.25, 0.3) is 0 Å². The maximum absolute atomic E-state index is 12.0. The van der Waals surface area contributed by atoms with Gasteiger partial charge in [-0.1, -0.05) is 18.2 Å². The van der Waals surface area contributed by atoms with Crippen LogP contribution in [0.3, 0.4) is 0 Å². The number of anilines is 2. The van der Waals surface area contributed by atoms with Gasteiger partial charge in [-0.15, -0.1) is 0 Å². The second-order valence-corrected chi connectivity index (χ2v) is 3.89. The Morgan fingerprint density at radius 3 is 2.35 bits per heavy atom. The average Bonchev–Trinajstić information content (AvgIpc) is 2.32. The monoisotopic (exact) mass is 226 g/mol. The molecule has 0 aliphatic heterocycles. The van der Waals surface area contributed by atoms with Crippen LogP contribution in [0.2, 0.25) is 0 Å². The zero-order valence-electron chi connectivity index (χ0n) is 9.60. The van der Waals surface area contributed by atoms with Crippen molar-refractivity contribution < 1.29 is 4.79 Å². The number of aryl methyl sites for hydroxylation is 1. The number of carbonyl (C=O) groups excluding carboxylic acids is 1. The third-order valence-electron chi connectivity index (χ3n) is 2.56. The summed E-state index contributed by atoms with van der Waals surface area (Å²) in [6.07, 6.45) is 0. The van der Waals surface area contributed by atoms with Crippen molar-refractivity contribution in [2.45, 2.75) is 6.92 Å². The molecule has 0 bridgehead atoms. The number of nitrogens with one attached hydrogen (secondary N) is 1. The molecule has 0 saturated heterocycles. The van der Waals surface area contributed by atoms with Crippen molar-refractivity contribution >= 4 is 17.3 Å². The Labute approximate surface area is 100 Å². The van der Waals surface area contributed by atoms with Crippen LogP contribution in [0.5, 0.6) is 0 Å². The Hall–Kier alpha value is -2.29. The molecule has 0 fully saturated rings. The van der Waals surface area contributed by atoms with Gasteiger partial charge in [-0.05, 0) is 42.8 Å². The highest BCUT2D eigenvalue weighted by atomic mass is 16.1. The molecule has 0 aliphatic carbocycles. The smallest absolute Gasteiger partial charge is 0.255 e. The van der Waals surface area contributed by atoms with Crippen molar-refractivity contribution in [2.24, 2.45) is 0 Å². The molecule has 2 aromatic carbocycles. The van der Waals surface area contributed by atoms with Crippen molar-refractivity contribution in [3.05, 3.63) is 59.7 Å². The number of carbonyl (C=O) groups is 1. The van der Waals surface area contributed by atoms with E-state index in [9.17, 15) is 4.79 Å². The van der Waals surface area contributed by atoms with Crippen molar-refractivity contribution in [2.75, 3.05) is 11.1 Å². The van der Waals surface area contributed by atoms with Crippen molar-refractivity contribution in [3.8, 4) is 0 Å². The molecule has 0 heterocycles. The Balaban J connectivity index is 2.17. The number of hydrogen-bond donors (Lipinski definition) is 2. The fourth-order valence-corrected chi connectivity index (χ4v) is 1.59. The van der Waals surface area contributed by atoms with E-state index in [2.05, 4.69) is 5.32 Å². The minimum Gasteiger partial charge on any atom is -0.399 e. The third-order valence-corrected chi connectivity index (χ3v) is 2.56. The second-order valence-electron chi connectivity index (χ2n) is 3.89. The molecule has 3 N–H and O–H groups in total. The average molecular weight is 226 g/mol. The molecule has 0 aromatic heterocycles. The van der Waals surface area contributed by atoms with Gasteiger partial charge in [0.1, 0.15) is 0 Å². The Morgan fingerprint density at radius 1 is 1.06 bits per heavy atom. The summed E-state index contributed by atoms with van der Waals surface area (Å²) in [7, 11) is 0. The lowest BCUT2D eigenvalue weighted by molar-refractivity contribution is 0.102. The van der Waals surface area contributed by atoms with E-state index in [1.807, 2.05) is 31.2 Å². The Bertz CT molecular complexity index is 532. The molecule has 0 radical (unpaired) electrons. The molecule has 2 aromatic rings. The summed E-state index contributed by atoms with van der Waals surface area (Å²) in [6.45, 7) is 1.91. The number of amides is 1. The van der Waals surface area contributed by atoms with Crippen molar-refractivity contribution in [1.29, 1.82) is 0 Å². The highest BCUT2D eigenvalue weighted by molar-refractivity contribution is 6.05. The van der Waals surface area contributed by atoms with E-state index in [0.717, 1.165) is 11.3 Å². The molecule has 3 nitrogen and oxygen atoms in total. The number of rotatable bonds is 2. The lowest BCUT2D eigenvalue weighted by Gasteiger charge is -2.07. The van der Waals surface area contributed by atoms with Crippen LogP contribution < -0.4 is 11.1 Å². The highest BCUT2D eigenvalue weighted by Crippen LogP contribution is 2.13. The van der Waals surface area contributed by atoms with Crippen LogP contribution in [-0.4, -0.2) is 5.91 Å². The minimum absolute atomic E-state index is 0.104. The summed E-state index contributed by atoms with van der Waals surface area (Å²) in [6, 6.07) is 14.6. The molecule has 0 aliphatic rings.